The monoisotopic (exact) mass is 204 g/mol. The van der Waals surface area contributed by atoms with E-state index in [4.69, 9.17) is 5.73 Å². The van der Waals surface area contributed by atoms with Crippen LogP contribution in [0.4, 0.5) is 11.4 Å². The first kappa shape index (κ1) is 10.3. The Morgan fingerprint density at radius 1 is 1.20 bits per heavy atom. The van der Waals surface area contributed by atoms with Gasteiger partial charge < -0.3 is 10.6 Å². The molecule has 0 amide bonds. The van der Waals surface area contributed by atoms with Gasteiger partial charge in [0.2, 0.25) is 0 Å². The zero-order valence-electron chi connectivity index (χ0n) is 9.45. The van der Waals surface area contributed by atoms with Crippen LogP contribution in [0.25, 0.3) is 0 Å². The molecular weight excluding hydrogens is 184 g/mol. The fourth-order valence-electron chi connectivity index (χ4n) is 2.27. The van der Waals surface area contributed by atoms with E-state index >= 15 is 0 Å². The van der Waals surface area contributed by atoms with E-state index in [9.17, 15) is 0 Å². The number of anilines is 2. The van der Waals surface area contributed by atoms with Crippen molar-refractivity contribution in [3.8, 4) is 0 Å². The van der Waals surface area contributed by atoms with Crippen LogP contribution >= 0.6 is 0 Å². The molecule has 2 nitrogen and oxygen atoms in total. The van der Waals surface area contributed by atoms with Gasteiger partial charge in [-0.2, -0.15) is 0 Å². The van der Waals surface area contributed by atoms with Gasteiger partial charge in [0.15, 0.2) is 0 Å². The second-order valence-corrected chi connectivity index (χ2v) is 4.64. The maximum Gasteiger partial charge on any atom is 0.0367 e. The van der Waals surface area contributed by atoms with Crippen LogP contribution in [0.3, 0.4) is 0 Å². The average molecular weight is 204 g/mol. The molecule has 1 aromatic rings. The van der Waals surface area contributed by atoms with Crippen LogP contribution in [0, 0.1) is 5.92 Å². The van der Waals surface area contributed by atoms with E-state index in [1.54, 1.807) is 0 Å². The molecule has 2 N–H and O–H groups in total. The van der Waals surface area contributed by atoms with Crippen molar-refractivity contribution < 1.29 is 0 Å². The van der Waals surface area contributed by atoms with Gasteiger partial charge in [-0.05, 0) is 43.0 Å². The molecule has 1 aliphatic heterocycles. The highest BCUT2D eigenvalue weighted by Gasteiger charge is 2.14. The third-order valence-electron chi connectivity index (χ3n) is 3.17. The summed E-state index contributed by atoms with van der Waals surface area (Å²) < 4.78 is 0. The van der Waals surface area contributed by atoms with Crippen molar-refractivity contribution >= 4 is 11.4 Å². The summed E-state index contributed by atoms with van der Waals surface area (Å²) in [4.78, 5) is 2.48. The predicted octanol–water partition coefficient (Wildman–Crippen LogP) is 2.90. The number of hydrogen-bond donors (Lipinski definition) is 1. The molecule has 0 aromatic heterocycles. The molecule has 0 saturated carbocycles. The molecule has 1 heterocycles. The molecule has 0 radical (unpaired) electrons. The van der Waals surface area contributed by atoms with Gasteiger partial charge >= 0.3 is 0 Å². The molecule has 0 spiro atoms. The van der Waals surface area contributed by atoms with Gasteiger partial charge in [0.1, 0.15) is 0 Å². The van der Waals surface area contributed by atoms with Crippen molar-refractivity contribution in [2.75, 3.05) is 23.7 Å². The molecule has 0 aliphatic carbocycles. The molecule has 0 bridgehead atoms. The summed E-state index contributed by atoms with van der Waals surface area (Å²) in [5, 5.41) is 0. The maximum atomic E-state index is 5.70. The van der Waals surface area contributed by atoms with E-state index in [0.717, 1.165) is 11.6 Å². The van der Waals surface area contributed by atoms with Crippen LogP contribution in [-0.4, -0.2) is 13.1 Å². The van der Waals surface area contributed by atoms with Gasteiger partial charge in [-0.1, -0.05) is 13.3 Å². The smallest absolute Gasteiger partial charge is 0.0367 e. The molecule has 82 valence electrons. The molecule has 2 heteroatoms. The highest BCUT2D eigenvalue weighted by atomic mass is 15.1. The molecule has 1 fully saturated rings. The number of nitrogens with zero attached hydrogens (tertiary/aromatic N) is 1. The number of nitrogens with two attached hydrogens (primary N) is 1. The van der Waals surface area contributed by atoms with E-state index in [1.165, 1.54) is 38.0 Å². The summed E-state index contributed by atoms with van der Waals surface area (Å²) >= 11 is 0. The Morgan fingerprint density at radius 2 is 1.93 bits per heavy atom. The third kappa shape index (κ3) is 2.65. The van der Waals surface area contributed by atoms with E-state index in [1.807, 2.05) is 12.1 Å². The molecule has 1 atom stereocenters. The lowest BCUT2D eigenvalue weighted by molar-refractivity contribution is 0.545. The summed E-state index contributed by atoms with van der Waals surface area (Å²) in [6, 6.07) is 8.25. The highest BCUT2D eigenvalue weighted by Crippen LogP contribution is 2.22. The van der Waals surface area contributed by atoms with Gasteiger partial charge in [-0.3, -0.25) is 0 Å². The Morgan fingerprint density at radius 3 is 2.67 bits per heavy atom. The molecule has 2 rings (SSSR count). The summed E-state index contributed by atoms with van der Waals surface area (Å²) in [5.74, 6) is 0.810. The number of rotatable bonds is 1. The van der Waals surface area contributed by atoms with Crippen LogP contribution in [0.5, 0.6) is 0 Å². The first-order valence-electron chi connectivity index (χ1n) is 5.86. The lowest BCUT2D eigenvalue weighted by Gasteiger charge is -2.25. The Bertz CT molecular complexity index is 305. The highest BCUT2D eigenvalue weighted by molar-refractivity contribution is 5.53. The van der Waals surface area contributed by atoms with Crippen molar-refractivity contribution in [2.45, 2.75) is 26.2 Å². The maximum absolute atomic E-state index is 5.70. The fourth-order valence-corrected chi connectivity index (χ4v) is 2.27. The molecule has 1 unspecified atom stereocenters. The van der Waals surface area contributed by atoms with Gasteiger partial charge in [0, 0.05) is 24.5 Å². The summed E-state index contributed by atoms with van der Waals surface area (Å²) in [7, 11) is 0. The number of benzene rings is 1. The second kappa shape index (κ2) is 4.56. The normalized spacial score (nSPS) is 22.5. The van der Waals surface area contributed by atoms with E-state index in [-0.39, 0.29) is 0 Å². The van der Waals surface area contributed by atoms with Crippen molar-refractivity contribution in [1.82, 2.24) is 0 Å². The molecule has 15 heavy (non-hydrogen) atoms. The Labute approximate surface area is 92.1 Å². The lowest BCUT2D eigenvalue weighted by Crippen LogP contribution is -2.27. The predicted molar refractivity (Wildman–Crippen MR) is 66.1 cm³/mol. The Hall–Kier alpha value is -1.18. The molecule has 1 saturated heterocycles. The van der Waals surface area contributed by atoms with Crippen molar-refractivity contribution in [3.05, 3.63) is 24.3 Å². The quantitative estimate of drug-likeness (QED) is 0.713. The van der Waals surface area contributed by atoms with Gasteiger partial charge in [0.05, 0.1) is 0 Å². The fraction of sp³-hybridized carbons (Fsp3) is 0.538. The van der Waals surface area contributed by atoms with Crippen LogP contribution < -0.4 is 10.6 Å². The minimum Gasteiger partial charge on any atom is -0.399 e. The summed E-state index contributed by atoms with van der Waals surface area (Å²) in [6.07, 6.45) is 4.05. The summed E-state index contributed by atoms with van der Waals surface area (Å²) in [6.45, 7) is 4.72. The second-order valence-electron chi connectivity index (χ2n) is 4.64. The standard InChI is InChI=1S/C13H20N2/c1-11-4-2-3-9-15(10-11)13-7-5-12(14)6-8-13/h5-8,11H,2-4,9-10,14H2,1H3. The van der Waals surface area contributed by atoms with Crippen LogP contribution in [0.2, 0.25) is 0 Å². The largest absolute Gasteiger partial charge is 0.399 e. The van der Waals surface area contributed by atoms with E-state index in [0.29, 0.717) is 0 Å². The zero-order valence-corrected chi connectivity index (χ0v) is 9.45. The topological polar surface area (TPSA) is 29.3 Å². The third-order valence-corrected chi connectivity index (χ3v) is 3.17. The number of nitrogen functional groups attached to an aromatic ring is 1. The Balaban J connectivity index is 2.11. The van der Waals surface area contributed by atoms with Crippen LogP contribution in [0.1, 0.15) is 26.2 Å². The minimum atomic E-state index is 0.810. The zero-order chi connectivity index (χ0) is 10.7. The SMILES string of the molecule is CC1CCCCN(c2ccc(N)cc2)C1. The lowest BCUT2D eigenvalue weighted by atomic mass is 10.1. The van der Waals surface area contributed by atoms with Gasteiger partial charge in [-0.15, -0.1) is 0 Å². The van der Waals surface area contributed by atoms with Crippen molar-refractivity contribution in [1.29, 1.82) is 0 Å². The molecular formula is C13H20N2. The Kier molecular flexibility index (Phi) is 3.14. The first-order chi connectivity index (χ1) is 7.25. The van der Waals surface area contributed by atoms with Crippen molar-refractivity contribution in [2.24, 2.45) is 5.92 Å². The van der Waals surface area contributed by atoms with E-state index < -0.39 is 0 Å². The van der Waals surface area contributed by atoms with Gasteiger partial charge in [-0.25, -0.2) is 0 Å². The first-order valence-corrected chi connectivity index (χ1v) is 5.86. The average Bonchev–Trinajstić information content (AvgIpc) is 2.44. The van der Waals surface area contributed by atoms with Crippen LogP contribution in [0.15, 0.2) is 24.3 Å². The minimum absolute atomic E-state index is 0.810. The van der Waals surface area contributed by atoms with Crippen LogP contribution in [-0.2, 0) is 0 Å². The van der Waals surface area contributed by atoms with E-state index in [2.05, 4.69) is 24.0 Å². The van der Waals surface area contributed by atoms with Crippen molar-refractivity contribution in [3.63, 3.8) is 0 Å². The van der Waals surface area contributed by atoms with Gasteiger partial charge in [0.25, 0.3) is 0 Å². The number of hydrogen-bond acceptors (Lipinski definition) is 2. The molecule has 1 aromatic carbocycles. The summed E-state index contributed by atoms with van der Waals surface area (Å²) in [5.41, 5.74) is 7.86. The molecule has 1 aliphatic rings.